The van der Waals surface area contributed by atoms with E-state index in [0.29, 0.717) is 10.2 Å². The fraction of sp³-hybridized carbons (Fsp3) is 0.333. The summed E-state index contributed by atoms with van der Waals surface area (Å²) in [5, 5.41) is 16.8. The zero-order chi connectivity index (χ0) is 22.8. The van der Waals surface area contributed by atoms with E-state index in [1.807, 2.05) is 44.2 Å². The molecule has 8 heteroatoms. The molecule has 1 amide bonds. The Balaban J connectivity index is 1.60. The maximum Gasteiger partial charge on any atom is 0.283 e. The summed E-state index contributed by atoms with van der Waals surface area (Å²) in [6.07, 6.45) is 7.21. The van der Waals surface area contributed by atoms with E-state index >= 15 is 0 Å². The van der Waals surface area contributed by atoms with Crippen LogP contribution in [0.5, 0.6) is 0 Å². The number of amides is 1. The third-order valence-electron chi connectivity index (χ3n) is 5.60. The average Bonchev–Trinajstić information content (AvgIpc) is 3.29. The third kappa shape index (κ3) is 4.45. The van der Waals surface area contributed by atoms with Gasteiger partial charge in [0.15, 0.2) is 5.84 Å². The number of amidine groups is 2. The highest BCUT2D eigenvalue weighted by molar-refractivity contribution is 8.26. The lowest BCUT2D eigenvalue weighted by Gasteiger charge is -2.20. The number of aliphatic imine (C=N–C) groups is 1. The van der Waals surface area contributed by atoms with Crippen LogP contribution in [0, 0.1) is 19.3 Å². The molecule has 32 heavy (non-hydrogen) atoms. The quantitative estimate of drug-likeness (QED) is 0.381. The van der Waals surface area contributed by atoms with E-state index in [2.05, 4.69) is 21.6 Å². The second kappa shape index (κ2) is 9.46. The second-order valence-electron chi connectivity index (χ2n) is 7.96. The van der Waals surface area contributed by atoms with Gasteiger partial charge in [-0.2, -0.15) is 15.1 Å². The Morgan fingerprint density at radius 2 is 1.91 bits per heavy atom. The number of hydrogen-bond acceptors (Lipinski definition) is 4. The van der Waals surface area contributed by atoms with E-state index in [-0.39, 0.29) is 11.4 Å². The van der Waals surface area contributed by atoms with Gasteiger partial charge in [-0.05, 0) is 80.4 Å². The topological polar surface area (TPSA) is 73.8 Å². The molecule has 2 aliphatic rings. The van der Waals surface area contributed by atoms with E-state index in [1.165, 1.54) is 29.6 Å². The highest BCUT2D eigenvalue weighted by Crippen LogP contribution is 2.31. The zero-order valence-electron chi connectivity index (χ0n) is 18.5. The third-order valence-corrected chi connectivity index (χ3v) is 6.82. The first-order valence-corrected chi connectivity index (χ1v) is 12.0. The lowest BCUT2D eigenvalue weighted by molar-refractivity contribution is -0.114. The highest BCUT2D eigenvalue weighted by atomic mass is 35.5. The standard InChI is InChI=1S/C24H26ClN5OS/c1-4-5-6-7-8-21-28-30-22(26)20(23(31)27-24(30)32-21)14-17-13-15(2)29(16(17)3)19-11-9-18(25)10-12-19/h9-14,26H,4-8H2,1-3H3/b20-14-,26-22?. The molecule has 1 aromatic carbocycles. The minimum atomic E-state index is -0.396. The van der Waals surface area contributed by atoms with Crippen molar-refractivity contribution in [3.05, 3.63) is 57.9 Å². The first kappa shape index (κ1) is 22.6. The largest absolute Gasteiger partial charge is 0.318 e. The van der Waals surface area contributed by atoms with Gasteiger partial charge in [0.25, 0.3) is 5.91 Å². The molecule has 1 aromatic heterocycles. The summed E-state index contributed by atoms with van der Waals surface area (Å²) in [7, 11) is 0. The monoisotopic (exact) mass is 467 g/mol. The number of carbonyl (C=O) groups is 1. The maximum absolute atomic E-state index is 12.8. The van der Waals surface area contributed by atoms with E-state index in [9.17, 15) is 4.79 Å². The molecule has 6 nitrogen and oxygen atoms in total. The lowest BCUT2D eigenvalue weighted by atomic mass is 10.1. The van der Waals surface area contributed by atoms with E-state index in [4.69, 9.17) is 17.0 Å². The molecule has 0 saturated heterocycles. The molecule has 0 atom stereocenters. The van der Waals surface area contributed by atoms with Crippen molar-refractivity contribution in [2.24, 2.45) is 10.1 Å². The number of nitrogens with zero attached hydrogens (tertiary/aromatic N) is 4. The Hall–Kier alpha value is -2.64. The number of thioether (sulfide) groups is 1. The molecule has 0 bridgehead atoms. The highest BCUT2D eigenvalue weighted by Gasteiger charge is 2.35. The van der Waals surface area contributed by atoms with Crippen molar-refractivity contribution in [1.82, 2.24) is 9.58 Å². The normalized spacial score (nSPS) is 17.1. The smallest absolute Gasteiger partial charge is 0.283 e. The summed E-state index contributed by atoms with van der Waals surface area (Å²) in [6.45, 7) is 6.20. The van der Waals surface area contributed by atoms with Crippen LogP contribution in [-0.2, 0) is 4.79 Å². The summed E-state index contributed by atoms with van der Waals surface area (Å²) >= 11 is 7.43. The number of nitrogens with one attached hydrogen (secondary N) is 1. The van der Waals surface area contributed by atoms with Gasteiger partial charge in [0.2, 0.25) is 5.17 Å². The van der Waals surface area contributed by atoms with Crippen LogP contribution in [0.4, 0.5) is 0 Å². The number of carbonyl (C=O) groups excluding carboxylic acids is 1. The van der Waals surface area contributed by atoms with Gasteiger partial charge in [-0.15, -0.1) is 0 Å². The van der Waals surface area contributed by atoms with Gasteiger partial charge in [0.1, 0.15) is 5.04 Å². The van der Waals surface area contributed by atoms with Crippen molar-refractivity contribution in [3.63, 3.8) is 0 Å². The number of aryl methyl sites for hydroxylation is 1. The second-order valence-corrected chi connectivity index (χ2v) is 9.44. The molecular formula is C24H26ClN5OS. The Labute approximate surface area is 197 Å². The minimum Gasteiger partial charge on any atom is -0.318 e. The predicted molar refractivity (Wildman–Crippen MR) is 134 cm³/mol. The summed E-state index contributed by atoms with van der Waals surface area (Å²) in [5.74, 6) is -0.320. The molecule has 166 valence electrons. The molecule has 0 spiro atoms. The number of fused-ring (bicyclic) bond motifs is 1. The SMILES string of the molecule is CCCCCCC1=NN2C(=N)/C(=C/c3cc(C)n(-c4ccc(Cl)cc4)c3C)C(=O)N=C2S1. The maximum atomic E-state index is 12.8. The predicted octanol–water partition coefficient (Wildman–Crippen LogP) is 6.34. The van der Waals surface area contributed by atoms with Gasteiger partial charge >= 0.3 is 0 Å². The number of aromatic nitrogens is 1. The van der Waals surface area contributed by atoms with Crippen LogP contribution in [0.1, 0.15) is 56.0 Å². The fourth-order valence-corrected chi connectivity index (χ4v) is 4.97. The van der Waals surface area contributed by atoms with Crippen LogP contribution >= 0.6 is 23.4 Å². The van der Waals surface area contributed by atoms with Crippen molar-refractivity contribution < 1.29 is 4.79 Å². The molecule has 0 unspecified atom stereocenters. The van der Waals surface area contributed by atoms with Crippen molar-refractivity contribution >= 4 is 51.4 Å². The van der Waals surface area contributed by atoms with Crippen molar-refractivity contribution in [2.75, 3.05) is 0 Å². The van der Waals surface area contributed by atoms with Gasteiger partial charge in [-0.25, -0.2) is 0 Å². The van der Waals surface area contributed by atoms with Crippen LogP contribution in [0.3, 0.4) is 0 Å². The van der Waals surface area contributed by atoms with E-state index < -0.39 is 5.91 Å². The fourth-order valence-electron chi connectivity index (χ4n) is 3.91. The number of hydrogen-bond donors (Lipinski definition) is 1. The first-order valence-electron chi connectivity index (χ1n) is 10.8. The zero-order valence-corrected chi connectivity index (χ0v) is 20.1. The summed E-state index contributed by atoms with van der Waals surface area (Å²) in [6, 6.07) is 9.64. The van der Waals surface area contributed by atoms with Gasteiger partial charge in [0, 0.05) is 22.1 Å². The lowest BCUT2D eigenvalue weighted by Crippen LogP contribution is -2.35. The van der Waals surface area contributed by atoms with Crippen molar-refractivity contribution in [3.8, 4) is 5.69 Å². The Morgan fingerprint density at radius 1 is 1.16 bits per heavy atom. The summed E-state index contributed by atoms with van der Waals surface area (Å²) in [4.78, 5) is 17.0. The molecule has 0 aliphatic carbocycles. The molecule has 3 heterocycles. The van der Waals surface area contributed by atoms with Crippen LogP contribution in [0.15, 0.2) is 46.0 Å². The van der Waals surface area contributed by atoms with Gasteiger partial charge in [-0.1, -0.05) is 37.8 Å². The van der Waals surface area contributed by atoms with Crippen molar-refractivity contribution in [1.29, 1.82) is 5.41 Å². The molecular weight excluding hydrogens is 442 g/mol. The Bertz CT molecular complexity index is 1160. The minimum absolute atomic E-state index is 0.0763. The molecule has 0 fully saturated rings. The van der Waals surface area contributed by atoms with E-state index in [1.54, 1.807) is 6.08 Å². The van der Waals surface area contributed by atoms with Crippen LogP contribution in [0.25, 0.3) is 11.8 Å². The number of rotatable bonds is 7. The van der Waals surface area contributed by atoms with Crippen molar-refractivity contribution in [2.45, 2.75) is 52.9 Å². The molecule has 2 aliphatic heterocycles. The van der Waals surface area contributed by atoms with Crippen LogP contribution < -0.4 is 0 Å². The molecule has 2 aromatic rings. The van der Waals surface area contributed by atoms with Gasteiger partial charge in [0.05, 0.1) is 5.57 Å². The van der Waals surface area contributed by atoms with Crippen LogP contribution in [0.2, 0.25) is 5.02 Å². The first-order chi connectivity index (χ1) is 15.4. The molecule has 0 saturated carbocycles. The Kier molecular flexibility index (Phi) is 6.67. The molecule has 4 rings (SSSR count). The van der Waals surface area contributed by atoms with Crippen LogP contribution in [-0.4, -0.2) is 31.5 Å². The molecule has 0 radical (unpaired) electrons. The average molecular weight is 468 g/mol. The van der Waals surface area contributed by atoms with Gasteiger partial charge < -0.3 is 4.57 Å². The summed E-state index contributed by atoms with van der Waals surface area (Å²) < 4.78 is 2.10. The number of benzene rings is 1. The number of halogens is 1. The summed E-state index contributed by atoms with van der Waals surface area (Å²) in [5.41, 5.74) is 4.12. The molecule has 1 N–H and O–H groups in total. The number of hydrazone groups is 1. The number of unbranched alkanes of at least 4 members (excludes halogenated alkanes) is 3. The van der Waals surface area contributed by atoms with E-state index in [0.717, 1.165) is 46.9 Å². The van der Waals surface area contributed by atoms with Gasteiger partial charge in [-0.3, -0.25) is 10.2 Å². The Morgan fingerprint density at radius 3 is 2.62 bits per heavy atom.